The maximum Gasteiger partial charge on any atom is 0.263 e. The summed E-state index contributed by atoms with van der Waals surface area (Å²) in [4.78, 5) is 12.9. The van der Waals surface area contributed by atoms with Crippen LogP contribution in [0.3, 0.4) is 0 Å². The normalized spacial score (nSPS) is 10.7. The highest BCUT2D eigenvalue weighted by atomic mass is 35.5. The first-order valence-corrected chi connectivity index (χ1v) is 8.45. The minimum Gasteiger partial charge on any atom is -0.496 e. The van der Waals surface area contributed by atoms with Crippen molar-refractivity contribution in [3.8, 4) is 5.75 Å². The van der Waals surface area contributed by atoms with Crippen LogP contribution in [-0.4, -0.2) is 13.0 Å². The third-order valence-corrected chi connectivity index (χ3v) is 5.32. The molecule has 0 saturated heterocycles. The SMILES string of the molecule is COc1ccccc1CNC(=O)c1sc2cc(Cl)ccc2c1Cl. The van der Waals surface area contributed by atoms with Gasteiger partial charge in [0.1, 0.15) is 10.6 Å². The summed E-state index contributed by atoms with van der Waals surface area (Å²) in [7, 11) is 1.60. The van der Waals surface area contributed by atoms with Crippen LogP contribution < -0.4 is 10.1 Å². The Bertz CT molecular complexity index is 876. The van der Waals surface area contributed by atoms with E-state index in [-0.39, 0.29) is 5.91 Å². The molecule has 3 nitrogen and oxygen atoms in total. The van der Waals surface area contributed by atoms with Gasteiger partial charge in [-0.05, 0) is 18.2 Å². The summed E-state index contributed by atoms with van der Waals surface area (Å²) < 4.78 is 6.17. The standard InChI is InChI=1S/C17H13Cl2NO2S/c1-22-13-5-3-2-4-10(13)9-20-17(21)16-15(19)12-7-6-11(18)8-14(12)23-16/h2-8H,9H2,1H3,(H,20,21). The van der Waals surface area contributed by atoms with E-state index in [2.05, 4.69) is 5.32 Å². The third-order valence-electron chi connectivity index (χ3n) is 3.43. The lowest BCUT2D eigenvalue weighted by molar-refractivity contribution is 0.0955. The summed E-state index contributed by atoms with van der Waals surface area (Å²) >= 11 is 13.6. The molecule has 3 aromatic rings. The van der Waals surface area contributed by atoms with E-state index >= 15 is 0 Å². The Morgan fingerprint density at radius 3 is 2.78 bits per heavy atom. The van der Waals surface area contributed by atoms with E-state index in [9.17, 15) is 4.79 Å². The van der Waals surface area contributed by atoms with Crippen LogP contribution in [0, 0.1) is 0 Å². The van der Waals surface area contributed by atoms with Crippen LogP contribution in [0.5, 0.6) is 5.75 Å². The molecule has 3 rings (SSSR count). The van der Waals surface area contributed by atoms with Crippen molar-refractivity contribution in [3.63, 3.8) is 0 Å². The lowest BCUT2D eigenvalue weighted by Gasteiger charge is -2.09. The lowest BCUT2D eigenvalue weighted by atomic mass is 10.2. The molecule has 0 unspecified atom stereocenters. The van der Waals surface area contributed by atoms with Gasteiger partial charge in [-0.15, -0.1) is 11.3 Å². The highest BCUT2D eigenvalue weighted by Crippen LogP contribution is 2.36. The summed E-state index contributed by atoms with van der Waals surface area (Å²) in [5, 5.41) is 4.80. The van der Waals surface area contributed by atoms with Gasteiger partial charge in [-0.1, -0.05) is 47.5 Å². The summed E-state index contributed by atoms with van der Waals surface area (Å²) in [6.45, 7) is 0.369. The molecular weight excluding hydrogens is 353 g/mol. The fourth-order valence-electron chi connectivity index (χ4n) is 2.29. The summed E-state index contributed by atoms with van der Waals surface area (Å²) in [5.74, 6) is 0.528. The molecule has 0 fully saturated rings. The zero-order valence-electron chi connectivity index (χ0n) is 12.2. The number of nitrogens with one attached hydrogen (secondary N) is 1. The largest absolute Gasteiger partial charge is 0.496 e. The smallest absolute Gasteiger partial charge is 0.263 e. The minimum atomic E-state index is -0.210. The maximum atomic E-state index is 12.4. The van der Waals surface area contributed by atoms with Gasteiger partial charge < -0.3 is 10.1 Å². The van der Waals surface area contributed by atoms with Crippen molar-refractivity contribution in [1.29, 1.82) is 0 Å². The van der Waals surface area contributed by atoms with Gasteiger partial charge >= 0.3 is 0 Å². The molecule has 1 N–H and O–H groups in total. The average Bonchev–Trinajstić information content (AvgIpc) is 2.89. The molecule has 1 aromatic heterocycles. The molecule has 0 aliphatic heterocycles. The third kappa shape index (κ3) is 3.29. The molecule has 0 atom stereocenters. The zero-order chi connectivity index (χ0) is 16.4. The fraction of sp³-hybridized carbons (Fsp3) is 0.118. The first kappa shape index (κ1) is 16.1. The van der Waals surface area contributed by atoms with Crippen LogP contribution in [0.4, 0.5) is 0 Å². The number of hydrogen-bond acceptors (Lipinski definition) is 3. The molecule has 0 spiro atoms. The molecule has 0 aliphatic rings. The molecular formula is C17H13Cl2NO2S. The molecule has 0 bridgehead atoms. The Labute approximate surface area is 147 Å². The van der Waals surface area contributed by atoms with Gasteiger partial charge in [0.25, 0.3) is 5.91 Å². The van der Waals surface area contributed by atoms with E-state index in [1.807, 2.05) is 36.4 Å². The van der Waals surface area contributed by atoms with Gasteiger partial charge in [0.05, 0.1) is 12.1 Å². The molecule has 23 heavy (non-hydrogen) atoms. The number of fused-ring (bicyclic) bond motifs is 1. The van der Waals surface area contributed by atoms with Crippen LogP contribution in [0.15, 0.2) is 42.5 Å². The monoisotopic (exact) mass is 365 g/mol. The summed E-state index contributed by atoms with van der Waals surface area (Å²) in [5.41, 5.74) is 0.906. The van der Waals surface area contributed by atoms with Gasteiger partial charge in [-0.2, -0.15) is 0 Å². The van der Waals surface area contributed by atoms with E-state index in [0.717, 1.165) is 21.4 Å². The van der Waals surface area contributed by atoms with Crippen molar-refractivity contribution < 1.29 is 9.53 Å². The van der Waals surface area contributed by atoms with Gasteiger partial charge in [0.15, 0.2) is 0 Å². The maximum absolute atomic E-state index is 12.4. The average molecular weight is 366 g/mol. The molecule has 2 aromatic carbocycles. The Hall–Kier alpha value is -1.75. The molecule has 0 radical (unpaired) electrons. The van der Waals surface area contributed by atoms with E-state index in [0.29, 0.717) is 21.5 Å². The van der Waals surface area contributed by atoms with Crippen molar-refractivity contribution in [2.24, 2.45) is 0 Å². The zero-order valence-corrected chi connectivity index (χ0v) is 14.6. The molecule has 6 heteroatoms. The van der Waals surface area contributed by atoms with Crippen molar-refractivity contribution >= 4 is 50.5 Å². The second-order valence-electron chi connectivity index (χ2n) is 4.88. The molecule has 1 heterocycles. The first-order chi connectivity index (χ1) is 11.1. The fourth-order valence-corrected chi connectivity index (χ4v) is 4.00. The van der Waals surface area contributed by atoms with Crippen molar-refractivity contribution in [1.82, 2.24) is 5.32 Å². The number of methoxy groups -OCH3 is 1. The molecule has 0 saturated carbocycles. The molecule has 118 valence electrons. The summed E-state index contributed by atoms with van der Waals surface area (Å²) in [6.07, 6.45) is 0. The number of rotatable bonds is 4. The van der Waals surface area contributed by atoms with Gasteiger partial charge in [0, 0.05) is 27.2 Å². The predicted molar refractivity (Wildman–Crippen MR) is 96.0 cm³/mol. The van der Waals surface area contributed by atoms with E-state index in [1.165, 1.54) is 11.3 Å². The van der Waals surface area contributed by atoms with Crippen LogP contribution in [0.2, 0.25) is 10.0 Å². The first-order valence-electron chi connectivity index (χ1n) is 6.88. The van der Waals surface area contributed by atoms with Crippen LogP contribution in [-0.2, 0) is 6.54 Å². The lowest BCUT2D eigenvalue weighted by Crippen LogP contribution is -2.22. The van der Waals surface area contributed by atoms with E-state index in [1.54, 1.807) is 13.2 Å². The second kappa shape index (κ2) is 6.79. The van der Waals surface area contributed by atoms with E-state index < -0.39 is 0 Å². The predicted octanol–water partition coefficient (Wildman–Crippen LogP) is 5.15. The van der Waals surface area contributed by atoms with Crippen molar-refractivity contribution in [3.05, 3.63) is 63.0 Å². The highest BCUT2D eigenvalue weighted by molar-refractivity contribution is 7.21. The number of thiophene rings is 1. The number of ether oxygens (including phenoxy) is 1. The topological polar surface area (TPSA) is 38.3 Å². The number of carbonyl (C=O) groups excluding carboxylic acids is 1. The quantitative estimate of drug-likeness (QED) is 0.694. The van der Waals surface area contributed by atoms with E-state index in [4.69, 9.17) is 27.9 Å². The molecule has 0 aliphatic carbocycles. The Balaban J connectivity index is 1.82. The minimum absolute atomic E-state index is 0.210. The number of para-hydroxylation sites is 1. The Morgan fingerprint density at radius 2 is 2.00 bits per heavy atom. The van der Waals surface area contributed by atoms with Crippen LogP contribution in [0.25, 0.3) is 10.1 Å². The second-order valence-corrected chi connectivity index (χ2v) is 6.75. The van der Waals surface area contributed by atoms with Gasteiger partial charge in [0.2, 0.25) is 0 Å². The Morgan fingerprint density at radius 1 is 1.22 bits per heavy atom. The number of amides is 1. The van der Waals surface area contributed by atoms with Crippen molar-refractivity contribution in [2.45, 2.75) is 6.54 Å². The number of carbonyl (C=O) groups is 1. The van der Waals surface area contributed by atoms with Crippen molar-refractivity contribution in [2.75, 3.05) is 7.11 Å². The van der Waals surface area contributed by atoms with Gasteiger partial charge in [-0.25, -0.2) is 0 Å². The molecule has 1 amide bonds. The number of hydrogen-bond donors (Lipinski definition) is 1. The number of benzene rings is 2. The van der Waals surface area contributed by atoms with Crippen LogP contribution >= 0.6 is 34.5 Å². The summed E-state index contributed by atoms with van der Waals surface area (Å²) in [6, 6.07) is 13.0. The highest BCUT2D eigenvalue weighted by Gasteiger charge is 2.17. The number of halogens is 2. The van der Waals surface area contributed by atoms with Crippen LogP contribution in [0.1, 0.15) is 15.2 Å². The Kier molecular flexibility index (Phi) is 4.76. The van der Waals surface area contributed by atoms with Gasteiger partial charge in [-0.3, -0.25) is 4.79 Å².